The number of alkyl carbamates (subject to hydrolysis) is 1. The normalized spacial score (nSPS) is 14.8. The lowest BCUT2D eigenvalue weighted by Gasteiger charge is -2.28. The first kappa shape index (κ1) is 22.8. The van der Waals surface area contributed by atoms with E-state index in [1.54, 1.807) is 20.8 Å². The lowest BCUT2D eigenvalue weighted by atomic mass is 10.1. The summed E-state index contributed by atoms with van der Waals surface area (Å²) in [7, 11) is 0. The number of amides is 1. The maximum atomic E-state index is 12.8. The zero-order chi connectivity index (χ0) is 22.8. The Balaban J connectivity index is 1.67. The van der Waals surface area contributed by atoms with Gasteiger partial charge in [0.05, 0.1) is 11.3 Å². The molecule has 0 bridgehead atoms. The van der Waals surface area contributed by atoms with Gasteiger partial charge in [0.15, 0.2) is 0 Å². The molecule has 7 nitrogen and oxygen atoms in total. The summed E-state index contributed by atoms with van der Waals surface area (Å²) in [6.07, 6.45) is -4.43. The van der Waals surface area contributed by atoms with Crippen LogP contribution in [-0.4, -0.2) is 46.2 Å². The Kier molecular flexibility index (Phi) is 6.40. The predicted molar refractivity (Wildman–Crippen MR) is 109 cm³/mol. The van der Waals surface area contributed by atoms with Gasteiger partial charge in [-0.3, -0.25) is 9.69 Å². The van der Waals surface area contributed by atoms with Gasteiger partial charge < -0.3 is 15.0 Å². The quantitative estimate of drug-likeness (QED) is 0.765. The minimum Gasteiger partial charge on any atom is -0.444 e. The molecule has 1 aliphatic heterocycles. The van der Waals surface area contributed by atoms with Gasteiger partial charge in [0.2, 0.25) is 0 Å². The van der Waals surface area contributed by atoms with E-state index in [0.29, 0.717) is 49.4 Å². The van der Waals surface area contributed by atoms with Crippen LogP contribution in [0, 0.1) is 0 Å². The van der Waals surface area contributed by atoms with Crippen LogP contribution in [0.15, 0.2) is 29.1 Å². The van der Waals surface area contributed by atoms with Gasteiger partial charge in [-0.25, -0.2) is 9.78 Å². The second-order valence-electron chi connectivity index (χ2n) is 8.37. The number of hydrogen-bond acceptors (Lipinski definition) is 5. The number of H-pyrrole nitrogens is 1. The second kappa shape index (κ2) is 8.70. The number of benzene rings is 1. The van der Waals surface area contributed by atoms with Crippen molar-refractivity contribution in [2.24, 2.45) is 0 Å². The largest absolute Gasteiger partial charge is 0.444 e. The van der Waals surface area contributed by atoms with Crippen LogP contribution >= 0.6 is 0 Å². The summed E-state index contributed by atoms with van der Waals surface area (Å²) in [6, 6.07) is 4.50. The van der Waals surface area contributed by atoms with E-state index in [1.165, 1.54) is 12.1 Å². The molecule has 1 aromatic heterocycles. The minimum absolute atomic E-state index is 0.228. The molecule has 0 fully saturated rings. The van der Waals surface area contributed by atoms with E-state index in [9.17, 15) is 22.8 Å². The van der Waals surface area contributed by atoms with Gasteiger partial charge in [0.1, 0.15) is 11.4 Å². The number of rotatable bonds is 4. The third-order valence-electron chi connectivity index (χ3n) is 4.73. The third-order valence-corrected chi connectivity index (χ3v) is 4.73. The molecule has 1 aromatic carbocycles. The Labute approximate surface area is 177 Å². The summed E-state index contributed by atoms with van der Waals surface area (Å²) in [6.45, 7) is 7.31. The van der Waals surface area contributed by atoms with Gasteiger partial charge in [-0.15, -0.1) is 0 Å². The van der Waals surface area contributed by atoms with E-state index in [0.717, 1.165) is 12.1 Å². The molecule has 10 heteroatoms. The van der Waals surface area contributed by atoms with Gasteiger partial charge >= 0.3 is 12.3 Å². The monoisotopic (exact) mass is 438 g/mol. The van der Waals surface area contributed by atoms with Crippen molar-refractivity contribution in [3.05, 3.63) is 51.4 Å². The molecule has 0 saturated heterocycles. The Morgan fingerprint density at radius 3 is 2.52 bits per heavy atom. The lowest BCUT2D eigenvalue weighted by Crippen LogP contribution is -2.41. The van der Waals surface area contributed by atoms with Crippen molar-refractivity contribution in [1.29, 1.82) is 0 Å². The highest BCUT2D eigenvalue weighted by molar-refractivity contribution is 5.67. The maximum absolute atomic E-state index is 12.8. The zero-order valence-electron chi connectivity index (χ0n) is 17.6. The molecule has 0 aliphatic carbocycles. The van der Waals surface area contributed by atoms with E-state index in [4.69, 9.17) is 4.74 Å². The summed E-state index contributed by atoms with van der Waals surface area (Å²) >= 11 is 0. The highest BCUT2D eigenvalue weighted by Crippen LogP contribution is 2.30. The smallest absolute Gasteiger partial charge is 0.416 e. The molecule has 2 heterocycles. The van der Waals surface area contributed by atoms with Gasteiger partial charge in [0, 0.05) is 37.3 Å². The fourth-order valence-electron chi connectivity index (χ4n) is 3.27. The number of hydrogen-bond donors (Lipinski definition) is 2. The first-order valence-corrected chi connectivity index (χ1v) is 9.91. The van der Waals surface area contributed by atoms with Crippen molar-refractivity contribution >= 4 is 6.09 Å². The average Bonchev–Trinajstić information content (AvgIpc) is 2.65. The molecule has 0 spiro atoms. The van der Waals surface area contributed by atoms with Crippen LogP contribution in [0.3, 0.4) is 0 Å². The molecular weight excluding hydrogens is 413 g/mol. The molecule has 2 N–H and O–H groups in total. The maximum Gasteiger partial charge on any atom is 0.416 e. The van der Waals surface area contributed by atoms with Crippen LogP contribution in [0.4, 0.5) is 18.0 Å². The summed E-state index contributed by atoms with van der Waals surface area (Å²) in [5.41, 5.74) is -0.0641. The Morgan fingerprint density at radius 2 is 1.90 bits per heavy atom. The number of aromatic nitrogens is 2. The number of carbonyl (C=O) groups excluding carboxylic acids is 1. The number of ether oxygens (including phenoxy) is 1. The molecule has 0 unspecified atom stereocenters. The van der Waals surface area contributed by atoms with Gasteiger partial charge in [-0.2, -0.15) is 13.2 Å². The SMILES string of the molecule is CC(C)(C)OC(=O)NCCN1CCc2c(nc(-c3ccc(C(F)(F)F)cc3)[nH]c2=O)C1. The number of nitrogens with zero attached hydrogens (tertiary/aromatic N) is 2. The molecule has 1 aliphatic rings. The van der Waals surface area contributed by atoms with Gasteiger partial charge in [-0.1, -0.05) is 12.1 Å². The Morgan fingerprint density at radius 1 is 1.23 bits per heavy atom. The van der Waals surface area contributed by atoms with Crippen LogP contribution in [0.2, 0.25) is 0 Å². The number of fused-ring (bicyclic) bond motifs is 1. The molecular formula is C21H25F3N4O3. The minimum atomic E-state index is -4.43. The summed E-state index contributed by atoms with van der Waals surface area (Å²) in [5.74, 6) is 0.228. The molecule has 31 heavy (non-hydrogen) atoms. The van der Waals surface area contributed by atoms with Crippen molar-refractivity contribution in [2.75, 3.05) is 19.6 Å². The third kappa shape index (κ3) is 6.06. The van der Waals surface area contributed by atoms with Gasteiger partial charge in [-0.05, 0) is 39.3 Å². The van der Waals surface area contributed by atoms with Crippen LogP contribution in [0.1, 0.15) is 37.6 Å². The van der Waals surface area contributed by atoms with E-state index in [1.807, 2.05) is 4.90 Å². The predicted octanol–water partition coefficient (Wildman–Crippen LogP) is 3.34. The highest BCUT2D eigenvalue weighted by Gasteiger charge is 2.30. The second-order valence-corrected chi connectivity index (χ2v) is 8.37. The molecule has 168 valence electrons. The lowest BCUT2D eigenvalue weighted by molar-refractivity contribution is -0.137. The zero-order valence-corrected chi connectivity index (χ0v) is 17.6. The molecule has 0 radical (unpaired) electrons. The van der Waals surface area contributed by atoms with Crippen LogP contribution in [0.25, 0.3) is 11.4 Å². The number of carbonyl (C=O) groups is 1. The number of nitrogens with one attached hydrogen (secondary N) is 2. The Bertz CT molecular complexity index is 995. The Hall–Kier alpha value is -2.88. The summed E-state index contributed by atoms with van der Waals surface area (Å²) in [5, 5.41) is 2.69. The molecule has 0 saturated carbocycles. The van der Waals surface area contributed by atoms with Crippen molar-refractivity contribution < 1.29 is 22.7 Å². The standard InChI is InChI=1S/C21H25F3N4O3/c1-20(2,3)31-19(30)25-9-11-28-10-8-15-16(12-28)26-17(27-18(15)29)13-4-6-14(7-5-13)21(22,23)24/h4-7H,8-12H2,1-3H3,(H,25,30)(H,26,27,29). The first-order valence-electron chi connectivity index (χ1n) is 9.91. The first-order chi connectivity index (χ1) is 14.4. The summed E-state index contributed by atoms with van der Waals surface area (Å²) < 4.78 is 43.5. The number of halogens is 3. The van der Waals surface area contributed by atoms with Gasteiger partial charge in [0.25, 0.3) is 5.56 Å². The molecule has 3 rings (SSSR count). The van der Waals surface area contributed by atoms with Crippen molar-refractivity contribution in [3.63, 3.8) is 0 Å². The van der Waals surface area contributed by atoms with Crippen molar-refractivity contribution in [1.82, 2.24) is 20.2 Å². The van der Waals surface area contributed by atoms with Crippen LogP contribution < -0.4 is 10.9 Å². The highest BCUT2D eigenvalue weighted by atomic mass is 19.4. The van der Waals surface area contributed by atoms with Crippen LogP contribution in [-0.2, 0) is 23.9 Å². The van der Waals surface area contributed by atoms with E-state index in [2.05, 4.69) is 15.3 Å². The summed E-state index contributed by atoms with van der Waals surface area (Å²) in [4.78, 5) is 33.4. The molecule has 1 amide bonds. The molecule has 0 atom stereocenters. The van der Waals surface area contributed by atoms with E-state index < -0.39 is 23.4 Å². The fourth-order valence-corrected chi connectivity index (χ4v) is 3.27. The van der Waals surface area contributed by atoms with Crippen molar-refractivity contribution in [2.45, 2.75) is 45.5 Å². The number of alkyl halides is 3. The average molecular weight is 438 g/mol. The topological polar surface area (TPSA) is 87.3 Å². The molecule has 2 aromatic rings. The van der Waals surface area contributed by atoms with E-state index >= 15 is 0 Å². The number of aromatic amines is 1. The fraction of sp³-hybridized carbons (Fsp3) is 0.476. The van der Waals surface area contributed by atoms with E-state index in [-0.39, 0.29) is 11.4 Å². The van der Waals surface area contributed by atoms with Crippen LogP contribution in [0.5, 0.6) is 0 Å². The van der Waals surface area contributed by atoms with Crippen molar-refractivity contribution in [3.8, 4) is 11.4 Å².